The molecule has 0 radical (unpaired) electrons. The number of nitrogens with one attached hydrogen (secondary N) is 1. The van der Waals surface area contributed by atoms with Gasteiger partial charge in [-0.15, -0.1) is 0 Å². The van der Waals surface area contributed by atoms with Gasteiger partial charge in [0.05, 0.1) is 0 Å². The lowest BCUT2D eigenvalue weighted by Crippen LogP contribution is -2.26. The third kappa shape index (κ3) is 4.24. The van der Waals surface area contributed by atoms with Gasteiger partial charge in [-0.1, -0.05) is 44.2 Å². The monoisotopic (exact) mass is 247 g/mol. The van der Waals surface area contributed by atoms with Crippen LogP contribution in [0.3, 0.4) is 0 Å². The molecule has 0 aliphatic rings. The van der Waals surface area contributed by atoms with Crippen molar-refractivity contribution in [2.45, 2.75) is 32.8 Å². The lowest BCUT2D eigenvalue weighted by molar-refractivity contribution is 0.119. The van der Waals surface area contributed by atoms with E-state index in [0.717, 1.165) is 24.0 Å². The average molecular weight is 247 g/mol. The van der Waals surface area contributed by atoms with E-state index < -0.39 is 12.2 Å². The molecule has 0 fully saturated rings. The van der Waals surface area contributed by atoms with E-state index in [2.05, 4.69) is 18.8 Å². The Morgan fingerprint density at radius 1 is 1.50 bits per heavy atom. The molecule has 0 aromatic heterocycles. The predicted octanol–water partition coefficient (Wildman–Crippen LogP) is 3.75. The lowest BCUT2D eigenvalue weighted by atomic mass is 10.0. The quantitative estimate of drug-likeness (QED) is 0.614. The molecule has 3 heteroatoms. The lowest BCUT2D eigenvalue weighted by Gasteiger charge is -2.16. The fourth-order valence-electron chi connectivity index (χ4n) is 1.67. The zero-order chi connectivity index (χ0) is 13.4. The standard InChI is InChI=1S/C15H21NO2/c1-4-6-11-16-15(17)18-14(5-2)13-10-8-7-9-12(13)3/h5,7-10,14H,2,4,6,11H2,1,3H3,(H,16,17)/t14-/m1/s1. The molecular weight excluding hydrogens is 226 g/mol. The average Bonchev–Trinajstić information content (AvgIpc) is 2.37. The Hall–Kier alpha value is -1.77. The van der Waals surface area contributed by atoms with Crippen LogP contribution >= 0.6 is 0 Å². The highest BCUT2D eigenvalue weighted by molar-refractivity contribution is 5.67. The fourth-order valence-corrected chi connectivity index (χ4v) is 1.67. The second-order valence-corrected chi connectivity index (χ2v) is 4.20. The van der Waals surface area contributed by atoms with Gasteiger partial charge < -0.3 is 10.1 Å². The summed E-state index contributed by atoms with van der Waals surface area (Å²) in [6.07, 6.45) is 2.85. The molecule has 1 amide bonds. The second kappa shape index (κ2) is 7.54. The Kier molecular flexibility index (Phi) is 5.98. The van der Waals surface area contributed by atoms with Gasteiger partial charge in [0.25, 0.3) is 0 Å². The largest absolute Gasteiger partial charge is 0.437 e. The molecule has 0 aliphatic heterocycles. The van der Waals surface area contributed by atoms with E-state index in [0.29, 0.717) is 6.54 Å². The van der Waals surface area contributed by atoms with Crippen molar-refractivity contribution in [3.8, 4) is 0 Å². The van der Waals surface area contributed by atoms with Crippen LogP contribution in [-0.4, -0.2) is 12.6 Å². The van der Waals surface area contributed by atoms with Crippen LogP contribution in [0.2, 0.25) is 0 Å². The normalized spacial score (nSPS) is 11.7. The first-order valence-electron chi connectivity index (χ1n) is 6.31. The van der Waals surface area contributed by atoms with Crippen LogP contribution in [0.25, 0.3) is 0 Å². The molecule has 1 aromatic rings. The van der Waals surface area contributed by atoms with E-state index in [1.807, 2.05) is 31.2 Å². The Morgan fingerprint density at radius 3 is 2.83 bits per heavy atom. The van der Waals surface area contributed by atoms with E-state index in [-0.39, 0.29) is 0 Å². The molecule has 0 saturated carbocycles. The van der Waals surface area contributed by atoms with Gasteiger partial charge in [-0.25, -0.2) is 4.79 Å². The van der Waals surface area contributed by atoms with Crippen LogP contribution in [0.4, 0.5) is 4.79 Å². The Bertz CT molecular complexity index is 401. The first-order valence-corrected chi connectivity index (χ1v) is 6.31. The van der Waals surface area contributed by atoms with E-state index in [1.165, 1.54) is 0 Å². The molecular formula is C15H21NO2. The number of alkyl carbamates (subject to hydrolysis) is 1. The van der Waals surface area contributed by atoms with Gasteiger partial charge in [-0.3, -0.25) is 0 Å². The second-order valence-electron chi connectivity index (χ2n) is 4.20. The highest BCUT2D eigenvalue weighted by Gasteiger charge is 2.14. The number of carbonyl (C=O) groups excluding carboxylic acids is 1. The molecule has 0 heterocycles. The van der Waals surface area contributed by atoms with Gasteiger partial charge in [-0.2, -0.15) is 0 Å². The smallest absolute Gasteiger partial charge is 0.408 e. The van der Waals surface area contributed by atoms with Gasteiger partial charge in [0.2, 0.25) is 0 Å². The van der Waals surface area contributed by atoms with Crippen LogP contribution in [0.1, 0.15) is 37.0 Å². The topological polar surface area (TPSA) is 38.3 Å². The van der Waals surface area contributed by atoms with Crippen molar-refractivity contribution >= 4 is 6.09 Å². The number of hydrogen-bond acceptors (Lipinski definition) is 2. The fraction of sp³-hybridized carbons (Fsp3) is 0.400. The van der Waals surface area contributed by atoms with Crippen LogP contribution in [-0.2, 0) is 4.74 Å². The molecule has 0 spiro atoms. The number of unbranched alkanes of at least 4 members (excludes halogenated alkanes) is 1. The summed E-state index contributed by atoms with van der Waals surface area (Å²) in [5.74, 6) is 0. The van der Waals surface area contributed by atoms with Crippen LogP contribution in [0, 0.1) is 6.92 Å². The van der Waals surface area contributed by atoms with E-state index in [9.17, 15) is 4.79 Å². The molecule has 0 aliphatic carbocycles. The minimum Gasteiger partial charge on any atom is -0.437 e. The molecule has 18 heavy (non-hydrogen) atoms. The number of ether oxygens (including phenoxy) is 1. The number of hydrogen-bond donors (Lipinski definition) is 1. The number of rotatable bonds is 6. The van der Waals surface area contributed by atoms with Crippen molar-refractivity contribution in [1.82, 2.24) is 5.32 Å². The summed E-state index contributed by atoms with van der Waals surface area (Å²) in [6.45, 7) is 8.44. The van der Waals surface area contributed by atoms with Gasteiger partial charge in [-0.05, 0) is 30.5 Å². The van der Waals surface area contributed by atoms with Crippen molar-refractivity contribution in [2.75, 3.05) is 6.54 Å². The highest BCUT2D eigenvalue weighted by Crippen LogP contribution is 2.21. The minimum atomic E-state index is -0.396. The number of aryl methyl sites for hydroxylation is 1. The zero-order valence-corrected chi connectivity index (χ0v) is 11.1. The van der Waals surface area contributed by atoms with Crippen molar-refractivity contribution < 1.29 is 9.53 Å². The summed E-state index contributed by atoms with van der Waals surface area (Å²) in [5, 5.41) is 2.73. The summed E-state index contributed by atoms with van der Waals surface area (Å²) in [7, 11) is 0. The molecule has 1 aromatic carbocycles. The van der Waals surface area contributed by atoms with E-state index in [1.54, 1.807) is 6.08 Å². The molecule has 1 rings (SSSR count). The first kappa shape index (κ1) is 14.3. The Balaban J connectivity index is 2.60. The minimum absolute atomic E-state index is 0.392. The van der Waals surface area contributed by atoms with Gasteiger partial charge in [0.1, 0.15) is 6.10 Å². The third-order valence-electron chi connectivity index (χ3n) is 2.74. The highest BCUT2D eigenvalue weighted by atomic mass is 16.6. The SMILES string of the molecule is C=C[C@@H](OC(=O)NCCCC)c1ccccc1C. The first-order chi connectivity index (χ1) is 8.69. The maximum Gasteiger partial charge on any atom is 0.408 e. The number of benzene rings is 1. The molecule has 0 unspecified atom stereocenters. The molecule has 1 N–H and O–H groups in total. The molecule has 98 valence electrons. The maximum atomic E-state index is 11.6. The molecule has 3 nitrogen and oxygen atoms in total. The van der Waals surface area contributed by atoms with Crippen molar-refractivity contribution in [1.29, 1.82) is 0 Å². The van der Waals surface area contributed by atoms with Gasteiger partial charge >= 0.3 is 6.09 Å². The van der Waals surface area contributed by atoms with Crippen molar-refractivity contribution in [3.63, 3.8) is 0 Å². The van der Waals surface area contributed by atoms with Gasteiger partial charge in [0, 0.05) is 6.54 Å². The Morgan fingerprint density at radius 2 is 2.22 bits per heavy atom. The molecule has 0 saturated heterocycles. The zero-order valence-electron chi connectivity index (χ0n) is 11.1. The molecule has 1 atom stereocenters. The molecule has 0 bridgehead atoms. The summed E-state index contributed by atoms with van der Waals surface area (Å²) in [4.78, 5) is 11.6. The summed E-state index contributed by atoms with van der Waals surface area (Å²) < 4.78 is 5.35. The van der Waals surface area contributed by atoms with Crippen LogP contribution < -0.4 is 5.32 Å². The van der Waals surface area contributed by atoms with Crippen LogP contribution in [0.15, 0.2) is 36.9 Å². The van der Waals surface area contributed by atoms with Crippen molar-refractivity contribution in [2.24, 2.45) is 0 Å². The van der Waals surface area contributed by atoms with Gasteiger partial charge in [0.15, 0.2) is 0 Å². The maximum absolute atomic E-state index is 11.6. The number of carbonyl (C=O) groups is 1. The summed E-state index contributed by atoms with van der Waals surface area (Å²) in [5.41, 5.74) is 2.06. The van der Waals surface area contributed by atoms with Crippen molar-refractivity contribution in [3.05, 3.63) is 48.0 Å². The number of amides is 1. The van der Waals surface area contributed by atoms with E-state index in [4.69, 9.17) is 4.74 Å². The Labute approximate surface area is 109 Å². The van der Waals surface area contributed by atoms with Crippen LogP contribution in [0.5, 0.6) is 0 Å². The predicted molar refractivity (Wildman–Crippen MR) is 73.5 cm³/mol. The van der Waals surface area contributed by atoms with E-state index >= 15 is 0 Å². The summed E-state index contributed by atoms with van der Waals surface area (Å²) in [6, 6.07) is 7.82. The third-order valence-corrected chi connectivity index (χ3v) is 2.74. The summed E-state index contributed by atoms with van der Waals surface area (Å²) >= 11 is 0.